The molecule has 96 valence electrons. The van der Waals surface area contributed by atoms with E-state index in [1.54, 1.807) is 6.26 Å². The number of hydrogen-bond donors (Lipinski definition) is 2. The van der Waals surface area contributed by atoms with Gasteiger partial charge in [-0.05, 0) is 31.0 Å². The van der Waals surface area contributed by atoms with Crippen molar-refractivity contribution in [2.24, 2.45) is 0 Å². The van der Waals surface area contributed by atoms with E-state index in [1.807, 2.05) is 37.3 Å². The summed E-state index contributed by atoms with van der Waals surface area (Å²) in [5, 5.41) is 12.8. The summed E-state index contributed by atoms with van der Waals surface area (Å²) in [5.41, 5.74) is 1.22. The molecule has 0 aliphatic carbocycles. The third kappa shape index (κ3) is 3.45. The van der Waals surface area contributed by atoms with Gasteiger partial charge in [-0.15, -0.1) is 0 Å². The molecule has 0 aliphatic heterocycles. The van der Waals surface area contributed by atoms with Gasteiger partial charge in [0.2, 0.25) is 0 Å². The number of benzene rings is 1. The first-order valence-corrected chi connectivity index (χ1v) is 6.24. The molecule has 2 aromatic rings. The molecule has 0 amide bonds. The summed E-state index contributed by atoms with van der Waals surface area (Å²) in [6.45, 7) is 2.15. The van der Waals surface area contributed by atoms with Crippen LogP contribution in [-0.4, -0.2) is 17.8 Å². The molecule has 3 heteroatoms. The minimum absolute atomic E-state index is 0.0347. The fraction of sp³-hybridized carbons (Fsp3) is 0.333. The SMILES string of the molecule is CC(NC(CO)Cc1ccccc1)c1ccco1. The van der Waals surface area contributed by atoms with Crippen molar-refractivity contribution < 1.29 is 9.52 Å². The summed E-state index contributed by atoms with van der Waals surface area (Å²) in [7, 11) is 0. The van der Waals surface area contributed by atoms with Crippen LogP contribution in [0.5, 0.6) is 0 Å². The molecule has 2 rings (SSSR count). The van der Waals surface area contributed by atoms with Gasteiger partial charge in [0.05, 0.1) is 18.9 Å². The second-order valence-corrected chi connectivity index (χ2v) is 4.47. The van der Waals surface area contributed by atoms with Gasteiger partial charge in [0, 0.05) is 6.04 Å². The highest BCUT2D eigenvalue weighted by atomic mass is 16.3. The molecule has 0 spiro atoms. The molecule has 0 saturated heterocycles. The predicted octanol–water partition coefficient (Wildman–Crippen LogP) is 2.53. The van der Waals surface area contributed by atoms with Gasteiger partial charge in [-0.1, -0.05) is 30.3 Å². The second kappa shape index (κ2) is 6.38. The monoisotopic (exact) mass is 245 g/mol. The van der Waals surface area contributed by atoms with Gasteiger partial charge in [-0.3, -0.25) is 0 Å². The minimum atomic E-state index is 0.0347. The van der Waals surface area contributed by atoms with Crippen LogP contribution in [0.2, 0.25) is 0 Å². The maximum atomic E-state index is 9.44. The van der Waals surface area contributed by atoms with Crippen LogP contribution in [0.3, 0.4) is 0 Å². The van der Waals surface area contributed by atoms with Gasteiger partial charge in [0.1, 0.15) is 5.76 Å². The van der Waals surface area contributed by atoms with E-state index in [0.29, 0.717) is 0 Å². The zero-order chi connectivity index (χ0) is 12.8. The number of furan rings is 1. The Balaban J connectivity index is 1.93. The lowest BCUT2D eigenvalue weighted by Gasteiger charge is -2.20. The lowest BCUT2D eigenvalue weighted by molar-refractivity contribution is 0.227. The highest BCUT2D eigenvalue weighted by Gasteiger charge is 2.14. The first-order valence-electron chi connectivity index (χ1n) is 6.24. The molecule has 0 aliphatic rings. The summed E-state index contributed by atoms with van der Waals surface area (Å²) in [6, 6.07) is 14.1. The van der Waals surface area contributed by atoms with Crippen molar-refractivity contribution in [1.82, 2.24) is 5.32 Å². The van der Waals surface area contributed by atoms with E-state index in [2.05, 4.69) is 17.4 Å². The molecule has 0 bridgehead atoms. The average molecular weight is 245 g/mol. The van der Waals surface area contributed by atoms with E-state index in [0.717, 1.165) is 12.2 Å². The lowest BCUT2D eigenvalue weighted by atomic mass is 10.1. The van der Waals surface area contributed by atoms with Gasteiger partial charge in [-0.2, -0.15) is 0 Å². The van der Waals surface area contributed by atoms with Crippen LogP contribution in [0, 0.1) is 0 Å². The Morgan fingerprint density at radius 2 is 1.94 bits per heavy atom. The van der Waals surface area contributed by atoms with Gasteiger partial charge in [-0.25, -0.2) is 0 Å². The molecule has 2 unspecified atom stereocenters. The van der Waals surface area contributed by atoms with Gasteiger partial charge < -0.3 is 14.8 Å². The largest absolute Gasteiger partial charge is 0.468 e. The molecule has 18 heavy (non-hydrogen) atoms. The van der Waals surface area contributed by atoms with Crippen molar-refractivity contribution in [3.8, 4) is 0 Å². The van der Waals surface area contributed by atoms with Crippen molar-refractivity contribution in [3.05, 3.63) is 60.1 Å². The molecular formula is C15H19NO2. The van der Waals surface area contributed by atoms with E-state index < -0.39 is 0 Å². The Kier molecular flexibility index (Phi) is 4.56. The van der Waals surface area contributed by atoms with Crippen LogP contribution in [0.4, 0.5) is 0 Å². The molecule has 1 aromatic carbocycles. The standard InChI is InChI=1S/C15H19NO2/c1-12(15-8-5-9-18-15)16-14(11-17)10-13-6-3-2-4-7-13/h2-9,12,14,16-17H,10-11H2,1H3. The lowest BCUT2D eigenvalue weighted by Crippen LogP contribution is -2.36. The van der Waals surface area contributed by atoms with Crippen LogP contribution in [-0.2, 0) is 6.42 Å². The fourth-order valence-corrected chi connectivity index (χ4v) is 2.05. The van der Waals surface area contributed by atoms with Crippen LogP contribution in [0.25, 0.3) is 0 Å². The maximum absolute atomic E-state index is 9.44. The normalized spacial score (nSPS) is 14.3. The highest BCUT2D eigenvalue weighted by Crippen LogP contribution is 2.14. The third-order valence-corrected chi connectivity index (χ3v) is 3.00. The summed E-state index contributed by atoms with van der Waals surface area (Å²) in [4.78, 5) is 0. The molecule has 0 saturated carbocycles. The number of nitrogens with one attached hydrogen (secondary N) is 1. The van der Waals surface area contributed by atoms with Crippen molar-refractivity contribution in [3.63, 3.8) is 0 Å². The van der Waals surface area contributed by atoms with Crippen molar-refractivity contribution >= 4 is 0 Å². The van der Waals surface area contributed by atoms with Crippen LogP contribution in [0.15, 0.2) is 53.1 Å². The number of rotatable bonds is 6. The number of aliphatic hydroxyl groups is 1. The van der Waals surface area contributed by atoms with Gasteiger partial charge in [0.25, 0.3) is 0 Å². The summed E-state index contributed by atoms with van der Waals surface area (Å²) in [6.07, 6.45) is 2.47. The van der Waals surface area contributed by atoms with Crippen molar-refractivity contribution in [2.75, 3.05) is 6.61 Å². The number of hydrogen-bond acceptors (Lipinski definition) is 3. The van der Waals surface area contributed by atoms with Gasteiger partial charge >= 0.3 is 0 Å². The van der Waals surface area contributed by atoms with Crippen LogP contribution < -0.4 is 5.32 Å². The zero-order valence-corrected chi connectivity index (χ0v) is 10.5. The highest BCUT2D eigenvalue weighted by molar-refractivity contribution is 5.16. The second-order valence-electron chi connectivity index (χ2n) is 4.47. The maximum Gasteiger partial charge on any atom is 0.120 e. The molecule has 2 N–H and O–H groups in total. The van der Waals surface area contributed by atoms with E-state index in [1.165, 1.54) is 5.56 Å². The quantitative estimate of drug-likeness (QED) is 0.822. The predicted molar refractivity (Wildman–Crippen MR) is 71.3 cm³/mol. The van der Waals surface area contributed by atoms with E-state index in [-0.39, 0.29) is 18.7 Å². The third-order valence-electron chi connectivity index (χ3n) is 3.00. The smallest absolute Gasteiger partial charge is 0.120 e. The van der Waals surface area contributed by atoms with Gasteiger partial charge in [0.15, 0.2) is 0 Å². The van der Waals surface area contributed by atoms with Crippen molar-refractivity contribution in [1.29, 1.82) is 0 Å². The molecule has 1 aromatic heterocycles. The molecule has 2 atom stereocenters. The molecular weight excluding hydrogens is 226 g/mol. The Labute approximate surface area is 107 Å². The van der Waals surface area contributed by atoms with Crippen molar-refractivity contribution in [2.45, 2.75) is 25.4 Å². The topological polar surface area (TPSA) is 45.4 Å². The Hall–Kier alpha value is -1.58. The first kappa shape index (κ1) is 12.9. The molecule has 3 nitrogen and oxygen atoms in total. The average Bonchev–Trinajstić information content (AvgIpc) is 2.93. The number of aliphatic hydroxyl groups excluding tert-OH is 1. The van der Waals surface area contributed by atoms with Crippen LogP contribution >= 0.6 is 0 Å². The van der Waals surface area contributed by atoms with E-state index in [4.69, 9.17) is 4.42 Å². The summed E-state index contributed by atoms with van der Waals surface area (Å²) < 4.78 is 5.35. The Bertz CT molecular complexity index is 439. The molecule has 0 fully saturated rings. The molecule has 1 heterocycles. The Morgan fingerprint density at radius 1 is 1.17 bits per heavy atom. The fourth-order valence-electron chi connectivity index (χ4n) is 2.05. The van der Waals surface area contributed by atoms with E-state index >= 15 is 0 Å². The summed E-state index contributed by atoms with van der Waals surface area (Å²) >= 11 is 0. The first-order chi connectivity index (χ1) is 8.79. The molecule has 0 radical (unpaired) electrons. The zero-order valence-electron chi connectivity index (χ0n) is 10.5. The summed E-state index contributed by atoms with van der Waals surface area (Å²) in [5.74, 6) is 0.890. The Morgan fingerprint density at radius 3 is 2.56 bits per heavy atom. The van der Waals surface area contributed by atoms with Crippen LogP contribution in [0.1, 0.15) is 24.3 Å². The minimum Gasteiger partial charge on any atom is -0.468 e. The van der Waals surface area contributed by atoms with E-state index in [9.17, 15) is 5.11 Å².